The standard InChI is InChI=1S/C14H20N2O4/c1-11(17)16(10-14(18)15-8-9-19-2)12-6-4-5-7-13(12)20-3/h4-7H,8-10H2,1-3H3,(H,15,18). The molecule has 0 saturated carbocycles. The predicted molar refractivity (Wildman–Crippen MR) is 75.9 cm³/mol. The highest BCUT2D eigenvalue weighted by molar-refractivity contribution is 5.98. The van der Waals surface area contributed by atoms with E-state index in [0.717, 1.165) is 0 Å². The molecule has 1 aromatic carbocycles. The van der Waals surface area contributed by atoms with Crippen LogP contribution in [0.25, 0.3) is 0 Å². The van der Waals surface area contributed by atoms with Crippen LogP contribution in [0.1, 0.15) is 6.92 Å². The number of para-hydroxylation sites is 2. The fourth-order valence-corrected chi connectivity index (χ4v) is 1.71. The van der Waals surface area contributed by atoms with E-state index in [2.05, 4.69) is 5.32 Å². The van der Waals surface area contributed by atoms with E-state index in [-0.39, 0.29) is 18.4 Å². The summed E-state index contributed by atoms with van der Waals surface area (Å²) in [5, 5.41) is 2.68. The first-order chi connectivity index (χ1) is 9.60. The lowest BCUT2D eigenvalue weighted by Crippen LogP contribution is -2.40. The first-order valence-electron chi connectivity index (χ1n) is 6.27. The summed E-state index contributed by atoms with van der Waals surface area (Å²) in [5.41, 5.74) is 0.574. The molecule has 20 heavy (non-hydrogen) atoms. The van der Waals surface area contributed by atoms with Crippen molar-refractivity contribution in [3.8, 4) is 5.75 Å². The molecule has 2 amide bonds. The van der Waals surface area contributed by atoms with Gasteiger partial charge in [0.15, 0.2) is 0 Å². The number of nitrogens with one attached hydrogen (secondary N) is 1. The molecule has 0 unspecified atom stereocenters. The average Bonchev–Trinajstić information content (AvgIpc) is 2.44. The zero-order chi connectivity index (χ0) is 15.0. The summed E-state index contributed by atoms with van der Waals surface area (Å²) in [6.45, 7) is 2.20. The Bertz CT molecular complexity index is 462. The quantitative estimate of drug-likeness (QED) is 0.751. The molecule has 0 atom stereocenters. The molecule has 6 nitrogen and oxygen atoms in total. The first kappa shape index (κ1) is 16.0. The van der Waals surface area contributed by atoms with Gasteiger partial charge in [-0.25, -0.2) is 0 Å². The van der Waals surface area contributed by atoms with Gasteiger partial charge in [0.05, 0.1) is 19.4 Å². The van der Waals surface area contributed by atoms with Gasteiger partial charge in [-0.3, -0.25) is 14.5 Å². The van der Waals surface area contributed by atoms with Crippen molar-refractivity contribution >= 4 is 17.5 Å². The van der Waals surface area contributed by atoms with Gasteiger partial charge in [0, 0.05) is 20.6 Å². The maximum atomic E-state index is 11.8. The summed E-state index contributed by atoms with van der Waals surface area (Å²) < 4.78 is 10.1. The van der Waals surface area contributed by atoms with Gasteiger partial charge >= 0.3 is 0 Å². The van der Waals surface area contributed by atoms with Crippen molar-refractivity contribution in [3.05, 3.63) is 24.3 Å². The fourth-order valence-electron chi connectivity index (χ4n) is 1.71. The Kier molecular flexibility index (Phi) is 6.52. The Morgan fingerprint density at radius 3 is 2.55 bits per heavy atom. The van der Waals surface area contributed by atoms with Crippen LogP contribution < -0.4 is 15.0 Å². The number of hydrogen-bond acceptors (Lipinski definition) is 4. The summed E-state index contributed by atoms with van der Waals surface area (Å²) in [5.74, 6) is 0.0759. The summed E-state index contributed by atoms with van der Waals surface area (Å²) in [6, 6.07) is 7.08. The van der Waals surface area contributed by atoms with Crippen molar-refractivity contribution in [3.63, 3.8) is 0 Å². The number of hydrogen-bond donors (Lipinski definition) is 1. The topological polar surface area (TPSA) is 67.9 Å². The molecule has 0 aliphatic heterocycles. The SMILES string of the molecule is COCCNC(=O)CN(C(C)=O)c1ccccc1OC. The van der Waals surface area contributed by atoms with Gasteiger partial charge in [-0.15, -0.1) is 0 Å². The van der Waals surface area contributed by atoms with Crippen molar-refractivity contribution < 1.29 is 19.1 Å². The molecule has 0 fully saturated rings. The van der Waals surface area contributed by atoms with Gasteiger partial charge in [-0.2, -0.15) is 0 Å². The molecule has 0 aliphatic rings. The van der Waals surface area contributed by atoms with E-state index in [0.29, 0.717) is 24.6 Å². The number of benzene rings is 1. The number of ether oxygens (including phenoxy) is 2. The second-order valence-electron chi connectivity index (χ2n) is 4.12. The zero-order valence-electron chi connectivity index (χ0n) is 12.0. The highest BCUT2D eigenvalue weighted by atomic mass is 16.5. The third kappa shape index (κ3) is 4.55. The van der Waals surface area contributed by atoms with Crippen molar-refractivity contribution in [2.24, 2.45) is 0 Å². The lowest BCUT2D eigenvalue weighted by atomic mass is 10.2. The number of nitrogens with zero attached hydrogens (tertiary/aromatic N) is 1. The summed E-state index contributed by atoms with van der Waals surface area (Å²) in [7, 11) is 3.08. The number of carbonyl (C=O) groups excluding carboxylic acids is 2. The van der Waals surface area contributed by atoms with Gasteiger partial charge < -0.3 is 14.8 Å². The molecular weight excluding hydrogens is 260 g/mol. The molecule has 1 rings (SSSR count). The third-order valence-corrected chi connectivity index (χ3v) is 2.69. The zero-order valence-corrected chi connectivity index (χ0v) is 12.0. The molecule has 0 spiro atoms. The van der Waals surface area contributed by atoms with E-state index >= 15 is 0 Å². The molecule has 0 heterocycles. The Morgan fingerprint density at radius 1 is 1.25 bits per heavy atom. The molecule has 0 bridgehead atoms. The monoisotopic (exact) mass is 280 g/mol. The van der Waals surface area contributed by atoms with Gasteiger partial charge in [0.25, 0.3) is 0 Å². The van der Waals surface area contributed by atoms with E-state index in [1.54, 1.807) is 31.4 Å². The maximum Gasteiger partial charge on any atom is 0.240 e. The van der Waals surface area contributed by atoms with E-state index in [1.807, 2.05) is 0 Å². The largest absolute Gasteiger partial charge is 0.495 e. The summed E-state index contributed by atoms with van der Waals surface area (Å²) in [4.78, 5) is 24.9. The van der Waals surface area contributed by atoms with Crippen LogP contribution >= 0.6 is 0 Å². The van der Waals surface area contributed by atoms with Crippen molar-refractivity contribution in [1.82, 2.24) is 5.32 Å². The molecule has 6 heteroatoms. The minimum Gasteiger partial charge on any atom is -0.495 e. The lowest BCUT2D eigenvalue weighted by molar-refractivity contribution is -0.123. The normalized spacial score (nSPS) is 9.95. The van der Waals surface area contributed by atoms with E-state index in [9.17, 15) is 9.59 Å². The van der Waals surface area contributed by atoms with Crippen LogP contribution in [0.4, 0.5) is 5.69 Å². The molecule has 110 valence electrons. The van der Waals surface area contributed by atoms with Gasteiger partial charge in [-0.05, 0) is 12.1 Å². The molecule has 0 radical (unpaired) electrons. The summed E-state index contributed by atoms with van der Waals surface area (Å²) >= 11 is 0. The number of carbonyl (C=O) groups is 2. The Balaban J connectivity index is 2.79. The van der Waals surface area contributed by atoms with Crippen LogP contribution in [-0.4, -0.2) is 45.7 Å². The molecule has 1 N–H and O–H groups in total. The van der Waals surface area contributed by atoms with Crippen LogP contribution in [0.15, 0.2) is 24.3 Å². The average molecular weight is 280 g/mol. The Labute approximate surface area is 118 Å². The van der Waals surface area contributed by atoms with Crippen LogP contribution in [0.5, 0.6) is 5.75 Å². The highest BCUT2D eigenvalue weighted by Crippen LogP contribution is 2.27. The second-order valence-corrected chi connectivity index (χ2v) is 4.12. The summed E-state index contributed by atoms with van der Waals surface area (Å²) in [6.07, 6.45) is 0. The van der Waals surface area contributed by atoms with Crippen LogP contribution in [0, 0.1) is 0 Å². The van der Waals surface area contributed by atoms with Crippen LogP contribution in [0.3, 0.4) is 0 Å². The van der Waals surface area contributed by atoms with E-state index < -0.39 is 0 Å². The smallest absolute Gasteiger partial charge is 0.240 e. The predicted octanol–water partition coefficient (Wildman–Crippen LogP) is 0.811. The Morgan fingerprint density at radius 2 is 1.95 bits per heavy atom. The molecule has 0 saturated heterocycles. The Hall–Kier alpha value is -2.08. The maximum absolute atomic E-state index is 11.8. The lowest BCUT2D eigenvalue weighted by Gasteiger charge is -2.22. The van der Waals surface area contributed by atoms with Gasteiger partial charge in [0.2, 0.25) is 11.8 Å². The van der Waals surface area contributed by atoms with Gasteiger partial charge in [-0.1, -0.05) is 12.1 Å². The molecule has 0 aliphatic carbocycles. The van der Waals surface area contributed by atoms with E-state index in [1.165, 1.54) is 18.9 Å². The minimum atomic E-state index is -0.247. The van der Waals surface area contributed by atoms with Crippen molar-refractivity contribution in [2.75, 3.05) is 38.8 Å². The number of anilines is 1. The number of methoxy groups -OCH3 is 2. The van der Waals surface area contributed by atoms with Crippen molar-refractivity contribution in [2.45, 2.75) is 6.92 Å². The third-order valence-electron chi connectivity index (χ3n) is 2.69. The number of rotatable bonds is 7. The molecule has 1 aromatic rings. The molecule has 0 aromatic heterocycles. The second kappa shape index (κ2) is 8.16. The van der Waals surface area contributed by atoms with Crippen molar-refractivity contribution in [1.29, 1.82) is 0 Å². The van der Waals surface area contributed by atoms with E-state index in [4.69, 9.17) is 9.47 Å². The molecular formula is C14H20N2O4. The number of amides is 2. The highest BCUT2D eigenvalue weighted by Gasteiger charge is 2.18. The minimum absolute atomic E-state index is 0.0561. The first-order valence-corrected chi connectivity index (χ1v) is 6.27. The van der Waals surface area contributed by atoms with Crippen LogP contribution in [-0.2, 0) is 14.3 Å². The fraction of sp³-hybridized carbons (Fsp3) is 0.429. The van der Waals surface area contributed by atoms with Gasteiger partial charge in [0.1, 0.15) is 12.3 Å². The van der Waals surface area contributed by atoms with Crippen LogP contribution in [0.2, 0.25) is 0 Å².